The number of aliphatic carboxylic acids is 1. The van der Waals surface area contributed by atoms with Crippen LogP contribution in [0.5, 0.6) is 5.75 Å². The van der Waals surface area contributed by atoms with Gasteiger partial charge in [0.05, 0.1) is 12.1 Å². The highest BCUT2D eigenvalue weighted by Gasteiger charge is 2.28. The number of anilines is 1. The Hall–Kier alpha value is -3.36. The number of carbonyl (C=O) groups is 1. The maximum atomic E-state index is 10.9. The van der Waals surface area contributed by atoms with Gasteiger partial charge in [-0.15, -0.1) is 0 Å². The Bertz CT molecular complexity index is 1440. The second kappa shape index (κ2) is 11.4. The van der Waals surface area contributed by atoms with Crippen molar-refractivity contribution in [3.63, 3.8) is 0 Å². The Morgan fingerprint density at radius 3 is 2.54 bits per heavy atom. The van der Waals surface area contributed by atoms with Gasteiger partial charge in [-0.25, -0.2) is 4.98 Å². The molecule has 9 nitrogen and oxygen atoms in total. The van der Waals surface area contributed by atoms with E-state index in [1.807, 2.05) is 49.5 Å². The number of pyridine rings is 2. The number of hydrogen-bond acceptors (Lipinski definition) is 8. The summed E-state index contributed by atoms with van der Waals surface area (Å²) in [6.07, 6.45) is 4.18. The second-order valence-electron chi connectivity index (χ2n) is 9.19. The summed E-state index contributed by atoms with van der Waals surface area (Å²) in [7, 11) is -3.75. The van der Waals surface area contributed by atoms with Crippen LogP contribution in [0.1, 0.15) is 35.1 Å². The van der Waals surface area contributed by atoms with E-state index in [4.69, 9.17) is 30.3 Å². The van der Waals surface area contributed by atoms with Gasteiger partial charge < -0.3 is 15.6 Å². The normalized spacial score (nSPS) is 11.8. The lowest BCUT2D eigenvalue weighted by Crippen LogP contribution is -2.04. The Balaban J connectivity index is 1.47. The van der Waals surface area contributed by atoms with E-state index in [-0.39, 0.29) is 19.2 Å². The van der Waals surface area contributed by atoms with Gasteiger partial charge in [0.1, 0.15) is 17.4 Å². The number of fused-ring (bicyclic) bond motifs is 3. The summed E-state index contributed by atoms with van der Waals surface area (Å²) in [5.41, 5.74) is 11.8. The van der Waals surface area contributed by atoms with E-state index in [1.165, 1.54) is 5.56 Å². The van der Waals surface area contributed by atoms with Crippen molar-refractivity contribution in [2.24, 2.45) is 0 Å². The van der Waals surface area contributed by atoms with Crippen molar-refractivity contribution in [1.82, 2.24) is 9.97 Å². The molecule has 10 heteroatoms. The number of aryl methyl sites for hydroxylation is 4. The lowest BCUT2D eigenvalue weighted by atomic mass is 9.99. The quantitative estimate of drug-likeness (QED) is 0.111. The first-order valence-corrected chi connectivity index (χ1v) is 13.9. The molecule has 0 aliphatic carbocycles. The van der Waals surface area contributed by atoms with Crippen LogP contribution in [0.3, 0.4) is 0 Å². The Labute approximate surface area is 215 Å². The average Bonchev–Trinajstić information content (AvgIpc) is 2.84. The molecule has 2 heterocycles. The highest BCUT2D eigenvalue weighted by atomic mass is 31.2. The number of carboxylic acid groups (broad SMARTS) is 1. The minimum Gasteiger partial charge on any atom is -0.493 e. The van der Waals surface area contributed by atoms with Crippen LogP contribution in [-0.4, -0.2) is 48.5 Å². The summed E-state index contributed by atoms with van der Waals surface area (Å²) < 4.78 is 5.66. The van der Waals surface area contributed by atoms with Crippen molar-refractivity contribution >= 4 is 41.5 Å². The smallest absolute Gasteiger partial charge is 0.403 e. The zero-order chi connectivity index (χ0) is 26.6. The molecular formula is C27H31N3O6P+. The van der Waals surface area contributed by atoms with Crippen LogP contribution in [0.25, 0.3) is 21.8 Å². The maximum Gasteiger partial charge on any atom is 0.403 e. The molecule has 6 N–H and O–H groups in total. The van der Waals surface area contributed by atoms with E-state index in [0.717, 1.165) is 45.8 Å². The zero-order valence-corrected chi connectivity index (χ0v) is 21.5. The van der Waals surface area contributed by atoms with Crippen molar-refractivity contribution in [2.75, 3.05) is 18.5 Å². The van der Waals surface area contributed by atoms with Crippen LogP contribution < -0.4 is 10.5 Å². The van der Waals surface area contributed by atoms with Gasteiger partial charge in [0.15, 0.2) is 5.82 Å². The van der Waals surface area contributed by atoms with Crippen LogP contribution in [0.4, 0.5) is 5.82 Å². The molecule has 0 saturated heterocycles. The van der Waals surface area contributed by atoms with E-state index >= 15 is 0 Å². The number of hydrogen-bond donors (Lipinski definition) is 5. The van der Waals surface area contributed by atoms with Crippen molar-refractivity contribution < 1.29 is 29.3 Å². The number of benzene rings is 2. The van der Waals surface area contributed by atoms with Crippen molar-refractivity contribution in [2.45, 2.75) is 39.0 Å². The van der Waals surface area contributed by atoms with Gasteiger partial charge in [-0.1, -0.05) is 18.2 Å². The molecular weight excluding hydrogens is 493 g/mol. The summed E-state index contributed by atoms with van der Waals surface area (Å²) >= 11 is 0. The maximum absolute atomic E-state index is 10.9. The van der Waals surface area contributed by atoms with Gasteiger partial charge in [-0.3, -0.25) is 9.78 Å². The van der Waals surface area contributed by atoms with Crippen LogP contribution in [0, 0.1) is 6.92 Å². The molecule has 2 aromatic carbocycles. The van der Waals surface area contributed by atoms with Crippen molar-refractivity contribution in [3.8, 4) is 5.75 Å². The molecule has 0 fully saturated rings. The predicted molar refractivity (Wildman–Crippen MR) is 145 cm³/mol. The molecule has 0 bridgehead atoms. The monoisotopic (exact) mass is 524 g/mol. The molecule has 0 spiro atoms. The Morgan fingerprint density at radius 2 is 1.81 bits per heavy atom. The molecule has 0 atom stereocenters. The number of ether oxygens (including phenoxy) is 1. The van der Waals surface area contributed by atoms with Crippen molar-refractivity contribution in [1.29, 1.82) is 0 Å². The topological polar surface area (TPSA) is 159 Å². The summed E-state index contributed by atoms with van der Waals surface area (Å²) in [6.45, 7) is 2.31. The van der Waals surface area contributed by atoms with E-state index in [1.54, 1.807) is 0 Å². The van der Waals surface area contributed by atoms with Gasteiger partial charge in [-0.2, -0.15) is 14.7 Å². The molecule has 37 heavy (non-hydrogen) atoms. The fourth-order valence-electron chi connectivity index (χ4n) is 4.33. The van der Waals surface area contributed by atoms with Gasteiger partial charge in [0, 0.05) is 29.8 Å². The minimum atomic E-state index is -3.75. The molecule has 0 saturated carbocycles. The summed E-state index contributed by atoms with van der Waals surface area (Å²) in [4.78, 5) is 47.2. The SMILES string of the molecule is Cc1cc(OCCC[P+](O)(O)O)ccc1CCc1cnc2c(N)nc3cc(CCC(=O)O)ccc3c2c1. The summed E-state index contributed by atoms with van der Waals surface area (Å²) in [6, 6.07) is 13.7. The number of nitrogen functional groups attached to an aromatic ring is 1. The predicted octanol–water partition coefficient (Wildman–Crippen LogP) is 3.98. The van der Waals surface area contributed by atoms with Gasteiger partial charge in [0.2, 0.25) is 0 Å². The van der Waals surface area contributed by atoms with Crippen LogP contribution in [0.15, 0.2) is 48.7 Å². The number of nitrogens with zero attached hydrogens (tertiary/aromatic N) is 2. The summed E-state index contributed by atoms with van der Waals surface area (Å²) in [5, 5.41) is 10.8. The molecule has 4 rings (SSSR count). The molecule has 194 valence electrons. The molecule has 2 aromatic heterocycles. The minimum absolute atomic E-state index is 0.0612. The molecule has 0 unspecified atom stereocenters. The number of aromatic nitrogens is 2. The molecule has 0 aliphatic rings. The molecule has 0 aliphatic heterocycles. The Morgan fingerprint density at radius 1 is 1.00 bits per heavy atom. The van der Waals surface area contributed by atoms with E-state index in [0.29, 0.717) is 29.9 Å². The molecule has 0 amide bonds. The first kappa shape index (κ1) is 26.7. The third kappa shape index (κ3) is 7.11. The van der Waals surface area contributed by atoms with E-state index < -0.39 is 13.9 Å². The zero-order valence-electron chi connectivity index (χ0n) is 20.6. The lowest BCUT2D eigenvalue weighted by Gasteiger charge is -2.12. The van der Waals surface area contributed by atoms with Gasteiger partial charge >= 0.3 is 13.9 Å². The van der Waals surface area contributed by atoms with Gasteiger partial charge in [-0.05, 0) is 72.7 Å². The number of nitrogens with two attached hydrogens (primary N) is 1. The first-order chi connectivity index (χ1) is 17.6. The highest BCUT2D eigenvalue weighted by Crippen LogP contribution is 2.44. The standard InChI is InChI=1S/C27H30N3O6P/c1-17-13-21(36-11-2-12-37(33,34)35)8-7-20(17)6-3-19-14-23-22-9-4-18(5-10-25(31)32)15-24(22)30-27(28)26(23)29-16-19/h4,7-9,13-16,33-35H,2-3,5-6,10-12H2,1H3,(H2-,28,30,31,32)/p+1. The van der Waals surface area contributed by atoms with E-state index in [9.17, 15) is 4.79 Å². The molecule has 4 aromatic rings. The third-order valence-electron chi connectivity index (χ3n) is 6.28. The fourth-order valence-corrected chi connectivity index (χ4v) is 4.88. The van der Waals surface area contributed by atoms with Crippen molar-refractivity contribution in [3.05, 3.63) is 70.9 Å². The fraction of sp³-hybridized carbons (Fsp3) is 0.296. The number of carboxylic acids is 1. The highest BCUT2D eigenvalue weighted by molar-refractivity contribution is 7.58. The van der Waals surface area contributed by atoms with Crippen LogP contribution >= 0.6 is 7.94 Å². The average molecular weight is 525 g/mol. The third-order valence-corrected chi connectivity index (χ3v) is 7.19. The molecule has 0 radical (unpaired) electrons. The lowest BCUT2D eigenvalue weighted by molar-refractivity contribution is -0.136. The Kier molecular flexibility index (Phi) is 8.19. The van der Waals surface area contributed by atoms with Crippen LogP contribution in [0.2, 0.25) is 0 Å². The van der Waals surface area contributed by atoms with Gasteiger partial charge in [0.25, 0.3) is 0 Å². The second-order valence-corrected chi connectivity index (χ2v) is 11.0. The first-order valence-electron chi connectivity index (χ1n) is 12.1. The van der Waals surface area contributed by atoms with E-state index in [2.05, 4.69) is 16.0 Å². The summed E-state index contributed by atoms with van der Waals surface area (Å²) in [5.74, 6) is 0.210. The number of rotatable bonds is 11. The largest absolute Gasteiger partial charge is 0.493 e. The van der Waals surface area contributed by atoms with Crippen LogP contribution in [-0.2, 0) is 24.1 Å².